The van der Waals surface area contributed by atoms with E-state index in [1.54, 1.807) is 13.0 Å². The number of carboxylic acids is 1. The van der Waals surface area contributed by atoms with Crippen LogP contribution in [0.2, 0.25) is 0 Å². The number of rotatable bonds is 7. The summed E-state index contributed by atoms with van der Waals surface area (Å²) in [6, 6.07) is 5.65. The highest BCUT2D eigenvalue weighted by molar-refractivity contribution is 5.99. The van der Waals surface area contributed by atoms with E-state index in [9.17, 15) is 24.8 Å². The van der Waals surface area contributed by atoms with E-state index in [2.05, 4.69) is 5.32 Å². The first-order valence-corrected chi connectivity index (χ1v) is 8.58. The number of hydrogen-bond acceptors (Lipinski definition) is 7. The van der Waals surface area contributed by atoms with Gasteiger partial charge in [-0.2, -0.15) is 0 Å². The number of carbonyl (C=O) groups excluding carboxylic acids is 1. The van der Waals surface area contributed by atoms with Crippen molar-refractivity contribution in [3.05, 3.63) is 62.5 Å². The molecule has 2 rings (SSSR count). The molecule has 0 amide bonds. The number of carbonyl (C=O) groups is 2. The Bertz CT molecular complexity index is 872. The van der Waals surface area contributed by atoms with Gasteiger partial charge in [0.15, 0.2) is 0 Å². The molecule has 1 unspecified atom stereocenters. The summed E-state index contributed by atoms with van der Waals surface area (Å²) in [7, 11) is 4.98. The fraction of sp³-hybridized carbons (Fsp3) is 0.368. The van der Waals surface area contributed by atoms with Crippen LogP contribution in [0.15, 0.2) is 46.8 Å². The lowest BCUT2D eigenvalue weighted by Crippen LogP contribution is -2.33. The Hall–Kier alpha value is -3.20. The Morgan fingerprint density at radius 3 is 2.54 bits per heavy atom. The lowest BCUT2D eigenvalue weighted by atomic mass is 9.79. The summed E-state index contributed by atoms with van der Waals surface area (Å²) >= 11 is 0. The van der Waals surface area contributed by atoms with Crippen LogP contribution in [0.3, 0.4) is 0 Å². The van der Waals surface area contributed by atoms with Gasteiger partial charge in [-0.3, -0.25) is 10.1 Å². The molecule has 0 aliphatic carbocycles. The minimum absolute atomic E-state index is 0.0468. The number of methoxy groups -OCH3 is 1. The van der Waals surface area contributed by atoms with E-state index in [1.165, 1.54) is 25.3 Å². The fourth-order valence-electron chi connectivity index (χ4n) is 3.21. The normalized spacial score (nSPS) is 16.8. The fourth-order valence-corrected chi connectivity index (χ4v) is 3.21. The molecule has 28 heavy (non-hydrogen) atoms. The molecule has 1 atom stereocenters. The third-order valence-electron chi connectivity index (χ3n) is 4.50. The van der Waals surface area contributed by atoms with Gasteiger partial charge < -0.3 is 20.1 Å². The van der Waals surface area contributed by atoms with Gasteiger partial charge >= 0.3 is 11.9 Å². The number of non-ortho nitro benzene ring substituents is 1. The van der Waals surface area contributed by atoms with Crippen molar-refractivity contribution in [1.82, 2.24) is 10.2 Å². The topological polar surface area (TPSA) is 122 Å². The second-order valence-corrected chi connectivity index (χ2v) is 6.69. The number of carboxylic acid groups (broad SMARTS) is 1. The maximum atomic E-state index is 12.6. The van der Waals surface area contributed by atoms with E-state index in [1.807, 2.05) is 19.0 Å². The van der Waals surface area contributed by atoms with Crippen molar-refractivity contribution < 1.29 is 24.4 Å². The molecule has 150 valence electrons. The average Bonchev–Trinajstić information content (AvgIpc) is 2.64. The van der Waals surface area contributed by atoms with Gasteiger partial charge in [0, 0.05) is 36.5 Å². The van der Waals surface area contributed by atoms with Gasteiger partial charge in [-0.05, 0) is 26.6 Å². The van der Waals surface area contributed by atoms with E-state index in [-0.39, 0.29) is 16.8 Å². The molecule has 0 saturated heterocycles. The molecule has 1 aliphatic heterocycles. The van der Waals surface area contributed by atoms with Crippen LogP contribution in [-0.4, -0.2) is 54.6 Å². The highest BCUT2D eigenvalue weighted by Crippen LogP contribution is 2.40. The van der Waals surface area contributed by atoms with E-state index in [4.69, 9.17) is 4.74 Å². The Morgan fingerprint density at radius 1 is 1.32 bits per heavy atom. The van der Waals surface area contributed by atoms with Crippen LogP contribution in [0.1, 0.15) is 24.8 Å². The number of nitro benzene ring substituents is 1. The number of ether oxygens (including phenoxy) is 1. The Morgan fingerprint density at radius 2 is 2.00 bits per heavy atom. The first kappa shape index (κ1) is 21.1. The summed E-state index contributed by atoms with van der Waals surface area (Å²) in [4.78, 5) is 37.2. The lowest BCUT2D eigenvalue weighted by molar-refractivity contribution is -0.384. The third kappa shape index (κ3) is 4.37. The SMILES string of the molecule is COC(=O)C1=C(CCN(C)C)NC(C)=C(C(=O)O)C1c1cccc([N+](=O)[O-])c1. The van der Waals surface area contributed by atoms with Crippen LogP contribution < -0.4 is 5.32 Å². The van der Waals surface area contributed by atoms with Crippen LogP contribution >= 0.6 is 0 Å². The lowest BCUT2D eigenvalue weighted by Gasteiger charge is -2.31. The van der Waals surface area contributed by atoms with Crippen molar-refractivity contribution in [3.63, 3.8) is 0 Å². The molecule has 0 fully saturated rings. The Kier molecular flexibility index (Phi) is 6.53. The Balaban J connectivity index is 2.71. The van der Waals surface area contributed by atoms with Gasteiger partial charge in [0.2, 0.25) is 0 Å². The summed E-state index contributed by atoms with van der Waals surface area (Å²) in [6.07, 6.45) is 0.451. The minimum Gasteiger partial charge on any atom is -0.478 e. The standard InChI is InChI=1S/C19H23N3O6/c1-11-15(18(23)24)16(12-6-5-7-13(10-12)22(26)27)17(19(25)28-4)14(20-11)8-9-21(2)3/h5-7,10,16,20H,8-9H2,1-4H3,(H,23,24). The van der Waals surface area contributed by atoms with Crippen LogP contribution in [0, 0.1) is 10.1 Å². The van der Waals surface area contributed by atoms with Crippen molar-refractivity contribution in [1.29, 1.82) is 0 Å². The van der Waals surface area contributed by atoms with Gasteiger partial charge in [0.05, 0.1) is 29.1 Å². The highest BCUT2D eigenvalue weighted by Gasteiger charge is 2.38. The van der Waals surface area contributed by atoms with Crippen molar-refractivity contribution in [3.8, 4) is 0 Å². The van der Waals surface area contributed by atoms with Crippen LogP contribution in [0.25, 0.3) is 0 Å². The van der Waals surface area contributed by atoms with Crippen molar-refractivity contribution >= 4 is 17.6 Å². The first-order valence-electron chi connectivity index (χ1n) is 8.58. The molecule has 1 aromatic carbocycles. The van der Waals surface area contributed by atoms with Gasteiger partial charge in [-0.1, -0.05) is 12.1 Å². The Labute approximate surface area is 162 Å². The molecule has 0 spiro atoms. The molecule has 1 aromatic rings. The van der Waals surface area contributed by atoms with Gasteiger partial charge in [0.1, 0.15) is 0 Å². The molecular weight excluding hydrogens is 366 g/mol. The summed E-state index contributed by atoms with van der Waals surface area (Å²) in [5.74, 6) is -2.87. The van der Waals surface area contributed by atoms with E-state index in [0.29, 0.717) is 29.9 Å². The number of hydrogen-bond donors (Lipinski definition) is 2. The minimum atomic E-state index is -1.21. The monoisotopic (exact) mass is 389 g/mol. The number of dihydropyridines is 1. The van der Waals surface area contributed by atoms with Crippen LogP contribution in [0.5, 0.6) is 0 Å². The number of benzene rings is 1. The zero-order valence-electron chi connectivity index (χ0n) is 16.2. The van der Waals surface area contributed by atoms with Gasteiger partial charge in [0.25, 0.3) is 5.69 Å². The largest absolute Gasteiger partial charge is 0.478 e. The summed E-state index contributed by atoms with van der Waals surface area (Å²) in [5, 5.41) is 24.0. The summed E-state index contributed by atoms with van der Waals surface area (Å²) < 4.78 is 4.92. The average molecular weight is 389 g/mol. The smallest absolute Gasteiger partial charge is 0.336 e. The molecular formula is C19H23N3O6. The van der Waals surface area contributed by atoms with Gasteiger partial charge in [-0.25, -0.2) is 9.59 Å². The second kappa shape index (κ2) is 8.66. The number of nitrogens with zero attached hydrogens (tertiary/aromatic N) is 2. The number of nitrogens with one attached hydrogen (secondary N) is 1. The number of esters is 1. The number of nitro groups is 1. The van der Waals surface area contributed by atoms with Crippen LogP contribution in [-0.2, 0) is 14.3 Å². The third-order valence-corrected chi connectivity index (χ3v) is 4.50. The van der Waals surface area contributed by atoms with E-state index in [0.717, 1.165) is 0 Å². The zero-order chi connectivity index (χ0) is 21.0. The molecule has 9 heteroatoms. The molecule has 2 N–H and O–H groups in total. The van der Waals surface area contributed by atoms with Crippen molar-refractivity contribution in [2.24, 2.45) is 0 Å². The zero-order valence-corrected chi connectivity index (χ0v) is 16.2. The van der Waals surface area contributed by atoms with Gasteiger partial charge in [-0.15, -0.1) is 0 Å². The molecule has 0 bridgehead atoms. The quantitative estimate of drug-likeness (QED) is 0.413. The molecule has 0 radical (unpaired) electrons. The van der Waals surface area contributed by atoms with Crippen molar-refractivity contribution in [2.75, 3.05) is 27.7 Å². The van der Waals surface area contributed by atoms with Crippen LogP contribution in [0.4, 0.5) is 5.69 Å². The maximum Gasteiger partial charge on any atom is 0.336 e. The van der Waals surface area contributed by atoms with Crippen molar-refractivity contribution in [2.45, 2.75) is 19.3 Å². The molecule has 9 nitrogen and oxygen atoms in total. The second-order valence-electron chi connectivity index (χ2n) is 6.69. The number of allylic oxidation sites excluding steroid dienone is 1. The molecule has 0 saturated carbocycles. The number of aliphatic carboxylic acids is 1. The molecule has 0 aromatic heterocycles. The predicted molar refractivity (Wildman–Crippen MR) is 102 cm³/mol. The van der Waals surface area contributed by atoms with E-state index < -0.39 is 22.8 Å². The molecule has 1 heterocycles. The highest BCUT2D eigenvalue weighted by atomic mass is 16.6. The maximum absolute atomic E-state index is 12.6. The van der Waals surface area contributed by atoms with E-state index >= 15 is 0 Å². The summed E-state index contributed by atoms with van der Waals surface area (Å²) in [5.41, 5.74) is 1.18. The first-order chi connectivity index (χ1) is 13.2. The molecule has 1 aliphatic rings. The predicted octanol–water partition coefficient (Wildman–Crippen LogP) is 2.02. The summed E-state index contributed by atoms with van der Waals surface area (Å²) in [6.45, 7) is 2.22.